The summed E-state index contributed by atoms with van der Waals surface area (Å²) in [6, 6.07) is 12.8. The molecule has 0 N–H and O–H groups in total. The van der Waals surface area contributed by atoms with Crippen molar-refractivity contribution >= 4 is 29.2 Å². The van der Waals surface area contributed by atoms with Gasteiger partial charge in [-0.1, -0.05) is 42.5 Å². The molecule has 0 bridgehead atoms. The molecule has 0 fully saturated rings. The van der Waals surface area contributed by atoms with Gasteiger partial charge in [-0.3, -0.25) is 9.59 Å². The lowest BCUT2D eigenvalue weighted by molar-refractivity contribution is 0.0815. The molecule has 0 radical (unpaired) electrons. The highest BCUT2D eigenvalue weighted by molar-refractivity contribution is 6.53. The van der Waals surface area contributed by atoms with Gasteiger partial charge in [-0.2, -0.15) is 0 Å². The minimum atomic E-state index is -0.431. The van der Waals surface area contributed by atoms with Crippen LogP contribution >= 0.6 is 11.6 Å². The van der Waals surface area contributed by atoms with Gasteiger partial charge in [-0.05, 0) is 35.2 Å². The molecule has 0 saturated carbocycles. The van der Waals surface area contributed by atoms with Gasteiger partial charge >= 0.3 is 0 Å². The van der Waals surface area contributed by atoms with Crippen LogP contribution in [0.4, 0.5) is 0 Å². The zero-order valence-corrected chi connectivity index (χ0v) is 12.1. The SMILES string of the molecule is O=C1C(=O)c2ccc(C=CCCCl)cc2-c2ccccc21. The zero-order valence-electron chi connectivity index (χ0n) is 11.3. The second kappa shape index (κ2) is 5.66. The number of carbonyl (C=O) groups excluding carboxylic acids is 2. The number of hydrogen-bond donors (Lipinski definition) is 0. The number of carbonyl (C=O) groups is 2. The highest BCUT2D eigenvalue weighted by atomic mass is 35.5. The lowest BCUT2D eigenvalue weighted by Crippen LogP contribution is -2.21. The molecule has 104 valence electrons. The summed E-state index contributed by atoms with van der Waals surface area (Å²) >= 11 is 5.65. The van der Waals surface area contributed by atoms with Crippen LogP contribution in [0, 0.1) is 0 Å². The quantitative estimate of drug-likeness (QED) is 0.622. The van der Waals surface area contributed by atoms with Gasteiger partial charge in [0.05, 0.1) is 0 Å². The zero-order chi connectivity index (χ0) is 14.8. The molecule has 1 aliphatic rings. The first-order chi connectivity index (χ1) is 10.2. The number of rotatable bonds is 3. The van der Waals surface area contributed by atoms with E-state index in [0.29, 0.717) is 17.0 Å². The maximum atomic E-state index is 12.2. The topological polar surface area (TPSA) is 34.1 Å². The number of ketones is 2. The van der Waals surface area contributed by atoms with Crippen molar-refractivity contribution in [2.45, 2.75) is 6.42 Å². The summed E-state index contributed by atoms with van der Waals surface area (Å²) < 4.78 is 0. The van der Waals surface area contributed by atoms with E-state index in [2.05, 4.69) is 0 Å². The molecule has 0 amide bonds. The van der Waals surface area contributed by atoms with E-state index in [-0.39, 0.29) is 0 Å². The Hall–Kier alpha value is -2.19. The van der Waals surface area contributed by atoms with Gasteiger partial charge in [0.1, 0.15) is 0 Å². The van der Waals surface area contributed by atoms with Gasteiger partial charge < -0.3 is 0 Å². The normalized spacial score (nSPS) is 13.4. The molecule has 3 rings (SSSR count). The van der Waals surface area contributed by atoms with E-state index in [1.54, 1.807) is 18.2 Å². The summed E-state index contributed by atoms with van der Waals surface area (Å²) in [7, 11) is 0. The van der Waals surface area contributed by atoms with Crippen LogP contribution in [-0.4, -0.2) is 17.4 Å². The van der Waals surface area contributed by atoms with E-state index in [1.165, 1.54) is 0 Å². The highest BCUT2D eigenvalue weighted by Crippen LogP contribution is 2.34. The molecule has 1 aliphatic carbocycles. The molecule has 0 saturated heterocycles. The van der Waals surface area contributed by atoms with Crippen LogP contribution < -0.4 is 0 Å². The molecule has 0 aliphatic heterocycles. The van der Waals surface area contributed by atoms with Crippen molar-refractivity contribution in [1.82, 2.24) is 0 Å². The largest absolute Gasteiger partial charge is 0.285 e. The smallest absolute Gasteiger partial charge is 0.234 e. The standard InChI is InChI=1S/C18H13ClO2/c19-10-4-3-5-12-8-9-15-16(11-12)13-6-1-2-7-14(13)17(20)18(15)21/h1-3,5-9,11H,4,10H2. The van der Waals surface area contributed by atoms with Gasteiger partial charge in [0.25, 0.3) is 0 Å². The average Bonchev–Trinajstić information content (AvgIpc) is 2.53. The van der Waals surface area contributed by atoms with Crippen LogP contribution in [0.25, 0.3) is 17.2 Å². The summed E-state index contributed by atoms with van der Waals surface area (Å²) in [4.78, 5) is 24.3. The first kappa shape index (κ1) is 13.8. The summed E-state index contributed by atoms with van der Waals surface area (Å²) in [6.07, 6.45) is 4.77. The van der Waals surface area contributed by atoms with Gasteiger partial charge in [0, 0.05) is 17.0 Å². The number of halogens is 1. The lowest BCUT2D eigenvalue weighted by atomic mass is 9.83. The van der Waals surface area contributed by atoms with Crippen LogP contribution in [-0.2, 0) is 0 Å². The fourth-order valence-electron chi connectivity index (χ4n) is 2.53. The van der Waals surface area contributed by atoms with E-state index >= 15 is 0 Å². The molecule has 2 nitrogen and oxygen atoms in total. The lowest BCUT2D eigenvalue weighted by Gasteiger charge is -2.18. The highest BCUT2D eigenvalue weighted by Gasteiger charge is 2.29. The average molecular weight is 297 g/mol. The van der Waals surface area contributed by atoms with Crippen LogP contribution in [0.15, 0.2) is 48.5 Å². The van der Waals surface area contributed by atoms with Gasteiger partial charge in [-0.15, -0.1) is 11.6 Å². The van der Waals surface area contributed by atoms with Crippen molar-refractivity contribution in [3.8, 4) is 11.1 Å². The predicted octanol–water partition coefficient (Wildman–Crippen LogP) is 4.37. The number of allylic oxidation sites excluding steroid dienone is 1. The molecule has 2 aromatic carbocycles. The number of hydrogen-bond acceptors (Lipinski definition) is 2. The predicted molar refractivity (Wildman–Crippen MR) is 84.9 cm³/mol. The monoisotopic (exact) mass is 296 g/mol. The van der Waals surface area contributed by atoms with E-state index in [9.17, 15) is 9.59 Å². The van der Waals surface area contributed by atoms with Gasteiger partial charge in [0.15, 0.2) is 0 Å². The summed E-state index contributed by atoms with van der Waals surface area (Å²) in [6.45, 7) is 0. The number of fused-ring (bicyclic) bond motifs is 3. The number of Topliss-reactive ketones (excluding diaryl/α,β-unsaturated/α-hetero) is 2. The van der Waals surface area contributed by atoms with Crippen molar-refractivity contribution in [2.24, 2.45) is 0 Å². The molecule has 0 spiro atoms. The second-order valence-corrected chi connectivity index (χ2v) is 5.27. The summed E-state index contributed by atoms with van der Waals surface area (Å²) in [5.41, 5.74) is 3.61. The Balaban J connectivity index is 2.13. The van der Waals surface area contributed by atoms with Crippen molar-refractivity contribution < 1.29 is 9.59 Å². The molecular weight excluding hydrogens is 284 g/mol. The molecule has 21 heavy (non-hydrogen) atoms. The third-order valence-corrected chi connectivity index (χ3v) is 3.76. The third kappa shape index (κ3) is 2.43. The molecule has 2 aromatic rings. The molecule has 0 heterocycles. The Morgan fingerprint density at radius 3 is 2.24 bits per heavy atom. The molecule has 0 aromatic heterocycles. The maximum absolute atomic E-state index is 12.2. The minimum absolute atomic E-state index is 0.427. The molecular formula is C18H13ClO2. The fraction of sp³-hybridized carbons (Fsp3) is 0.111. The van der Waals surface area contributed by atoms with Crippen LogP contribution in [0.2, 0.25) is 0 Å². The number of benzene rings is 2. The molecule has 0 atom stereocenters. The summed E-state index contributed by atoms with van der Waals surface area (Å²) in [5.74, 6) is -0.277. The third-order valence-electron chi connectivity index (χ3n) is 3.54. The first-order valence-electron chi connectivity index (χ1n) is 6.77. The molecule has 3 heteroatoms. The van der Waals surface area contributed by atoms with Crippen LogP contribution in [0.1, 0.15) is 32.7 Å². The van der Waals surface area contributed by atoms with Crippen molar-refractivity contribution in [3.05, 3.63) is 65.2 Å². The van der Waals surface area contributed by atoms with Crippen molar-refractivity contribution in [1.29, 1.82) is 0 Å². The van der Waals surface area contributed by atoms with E-state index in [1.807, 2.05) is 36.4 Å². The van der Waals surface area contributed by atoms with Crippen LogP contribution in [0.3, 0.4) is 0 Å². The Labute approximate surface area is 128 Å². The number of alkyl halides is 1. The summed E-state index contributed by atoms with van der Waals surface area (Å²) in [5, 5.41) is 0. The molecule has 0 unspecified atom stereocenters. The Kier molecular flexibility index (Phi) is 3.72. The second-order valence-electron chi connectivity index (χ2n) is 4.89. The van der Waals surface area contributed by atoms with Crippen molar-refractivity contribution in [3.63, 3.8) is 0 Å². The van der Waals surface area contributed by atoms with Gasteiger partial charge in [0.2, 0.25) is 11.6 Å². The van der Waals surface area contributed by atoms with E-state index in [0.717, 1.165) is 23.1 Å². The Morgan fingerprint density at radius 1 is 0.857 bits per heavy atom. The van der Waals surface area contributed by atoms with Gasteiger partial charge in [-0.25, -0.2) is 0 Å². The fourth-order valence-corrected chi connectivity index (χ4v) is 2.66. The first-order valence-corrected chi connectivity index (χ1v) is 7.31. The van der Waals surface area contributed by atoms with Crippen molar-refractivity contribution in [2.75, 3.05) is 5.88 Å². The van der Waals surface area contributed by atoms with E-state index < -0.39 is 11.6 Å². The minimum Gasteiger partial charge on any atom is -0.285 e. The Bertz CT molecular complexity index is 760. The maximum Gasteiger partial charge on any atom is 0.234 e. The van der Waals surface area contributed by atoms with Crippen LogP contribution in [0.5, 0.6) is 0 Å². The Morgan fingerprint density at radius 2 is 1.52 bits per heavy atom. The van der Waals surface area contributed by atoms with E-state index in [4.69, 9.17) is 11.6 Å².